The van der Waals surface area contributed by atoms with Gasteiger partial charge in [-0.3, -0.25) is 10.2 Å². The molecule has 3 N–H and O–H groups in total. The van der Waals surface area contributed by atoms with E-state index in [1.807, 2.05) is 6.92 Å². The van der Waals surface area contributed by atoms with Gasteiger partial charge < -0.3 is 4.90 Å². The number of amides is 1. The lowest BCUT2D eigenvalue weighted by Gasteiger charge is -2.21. The first-order valence-electron chi connectivity index (χ1n) is 5.83. The molecule has 1 amide bonds. The molecular formula is C11H19N5OS. The molecule has 0 saturated heterocycles. The van der Waals surface area contributed by atoms with Gasteiger partial charge in [-0.25, -0.2) is 15.8 Å². The van der Waals surface area contributed by atoms with Crippen LogP contribution < -0.4 is 16.2 Å². The predicted octanol–water partition coefficient (Wildman–Crippen LogP) is 0.713. The van der Waals surface area contributed by atoms with Crippen molar-refractivity contribution in [2.75, 3.05) is 23.7 Å². The van der Waals surface area contributed by atoms with Crippen molar-refractivity contribution >= 4 is 23.5 Å². The molecule has 1 rings (SSSR count). The summed E-state index contributed by atoms with van der Waals surface area (Å²) >= 11 is 1.27. The number of aromatic nitrogens is 2. The molecule has 0 atom stereocenters. The van der Waals surface area contributed by atoms with Crippen LogP contribution in [-0.2, 0) is 4.79 Å². The minimum absolute atomic E-state index is 0.219. The zero-order chi connectivity index (χ0) is 13.5. The van der Waals surface area contributed by atoms with Crippen LogP contribution in [0.15, 0.2) is 11.4 Å². The second-order valence-corrected chi connectivity index (χ2v) is 4.63. The SMILES string of the molecule is CCN(CC)c1nc(SCC(=O)NN)ncc1C. The molecule has 18 heavy (non-hydrogen) atoms. The van der Waals surface area contributed by atoms with E-state index in [0.717, 1.165) is 24.5 Å². The Kier molecular flexibility index (Phi) is 5.87. The summed E-state index contributed by atoms with van der Waals surface area (Å²) in [5, 5.41) is 0.589. The molecule has 1 heterocycles. The zero-order valence-corrected chi connectivity index (χ0v) is 11.8. The van der Waals surface area contributed by atoms with Crippen LogP contribution in [-0.4, -0.2) is 34.7 Å². The van der Waals surface area contributed by atoms with Crippen LogP contribution in [0.2, 0.25) is 0 Å². The maximum absolute atomic E-state index is 11.1. The van der Waals surface area contributed by atoms with Crippen LogP contribution >= 0.6 is 11.8 Å². The summed E-state index contributed by atoms with van der Waals surface area (Å²) in [5.41, 5.74) is 3.11. The van der Waals surface area contributed by atoms with Gasteiger partial charge >= 0.3 is 0 Å². The highest BCUT2D eigenvalue weighted by atomic mass is 32.2. The molecule has 0 radical (unpaired) electrons. The highest BCUT2D eigenvalue weighted by Gasteiger charge is 2.10. The van der Waals surface area contributed by atoms with E-state index in [1.54, 1.807) is 6.20 Å². The highest BCUT2D eigenvalue weighted by molar-refractivity contribution is 7.99. The van der Waals surface area contributed by atoms with Crippen molar-refractivity contribution < 1.29 is 4.79 Å². The smallest absolute Gasteiger partial charge is 0.244 e. The van der Waals surface area contributed by atoms with Gasteiger partial charge in [-0.1, -0.05) is 11.8 Å². The summed E-state index contributed by atoms with van der Waals surface area (Å²) in [5.74, 6) is 5.92. The van der Waals surface area contributed by atoms with Gasteiger partial charge in [0.1, 0.15) is 5.82 Å². The molecule has 0 aliphatic carbocycles. The Hall–Kier alpha value is -1.34. The summed E-state index contributed by atoms with van der Waals surface area (Å²) in [6.07, 6.45) is 1.78. The van der Waals surface area contributed by atoms with Crippen LogP contribution in [0.4, 0.5) is 5.82 Å². The summed E-state index contributed by atoms with van der Waals surface area (Å²) in [6, 6.07) is 0. The van der Waals surface area contributed by atoms with Gasteiger partial charge in [0.15, 0.2) is 5.16 Å². The van der Waals surface area contributed by atoms with E-state index in [2.05, 4.69) is 34.1 Å². The summed E-state index contributed by atoms with van der Waals surface area (Å²) in [6.45, 7) is 7.93. The Labute approximate surface area is 111 Å². The van der Waals surface area contributed by atoms with Gasteiger partial charge in [0.05, 0.1) is 5.75 Å². The van der Waals surface area contributed by atoms with E-state index in [1.165, 1.54) is 11.8 Å². The van der Waals surface area contributed by atoms with Crippen LogP contribution in [0.5, 0.6) is 0 Å². The fourth-order valence-corrected chi connectivity index (χ4v) is 2.12. The summed E-state index contributed by atoms with van der Waals surface area (Å²) in [4.78, 5) is 21.9. The lowest BCUT2D eigenvalue weighted by atomic mass is 10.3. The number of thioether (sulfide) groups is 1. The number of nitrogens with one attached hydrogen (secondary N) is 1. The fourth-order valence-electron chi connectivity index (χ4n) is 1.50. The first kappa shape index (κ1) is 14.7. The molecule has 1 aromatic rings. The van der Waals surface area contributed by atoms with Crippen LogP contribution in [0.25, 0.3) is 0 Å². The van der Waals surface area contributed by atoms with Gasteiger partial charge in [-0.05, 0) is 20.8 Å². The lowest BCUT2D eigenvalue weighted by molar-refractivity contribution is -0.118. The number of anilines is 1. The molecular weight excluding hydrogens is 250 g/mol. The van der Waals surface area contributed by atoms with E-state index in [9.17, 15) is 4.79 Å². The third kappa shape index (κ3) is 3.85. The number of aryl methyl sites for hydroxylation is 1. The molecule has 0 aliphatic rings. The predicted molar refractivity (Wildman–Crippen MR) is 73.4 cm³/mol. The maximum atomic E-state index is 11.1. The second kappa shape index (κ2) is 7.17. The molecule has 0 spiro atoms. The van der Waals surface area contributed by atoms with Gasteiger partial charge in [0.2, 0.25) is 5.91 Å². The number of hydrogen-bond donors (Lipinski definition) is 2. The molecule has 0 unspecified atom stereocenters. The monoisotopic (exact) mass is 269 g/mol. The van der Waals surface area contributed by atoms with E-state index < -0.39 is 0 Å². The van der Waals surface area contributed by atoms with Gasteiger partial charge in [0, 0.05) is 24.8 Å². The average Bonchev–Trinajstić information content (AvgIpc) is 2.40. The van der Waals surface area contributed by atoms with E-state index in [-0.39, 0.29) is 11.7 Å². The van der Waals surface area contributed by atoms with Gasteiger partial charge in [-0.15, -0.1) is 0 Å². The Bertz CT molecular complexity index is 408. The minimum atomic E-state index is -0.242. The fraction of sp³-hybridized carbons (Fsp3) is 0.545. The van der Waals surface area contributed by atoms with Gasteiger partial charge in [-0.2, -0.15) is 0 Å². The van der Waals surface area contributed by atoms with Crippen molar-refractivity contribution in [3.05, 3.63) is 11.8 Å². The normalized spacial score (nSPS) is 10.2. The Morgan fingerprint density at radius 2 is 2.17 bits per heavy atom. The second-order valence-electron chi connectivity index (χ2n) is 3.69. The average molecular weight is 269 g/mol. The highest BCUT2D eigenvalue weighted by Crippen LogP contribution is 2.20. The topological polar surface area (TPSA) is 84.1 Å². The van der Waals surface area contributed by atoms with E-state index >= 15 is 0 Å². The number of nitrogens with two attached hydrogens (primary N) is 1. The first-order chi connectivity index (χ1) is 8.62. The standard InChI is InChI=1S/C11H19N5OS/c1-4-16(5-2)10-8(3)6-13-11(14-10)18-7-9(17)15-12/h6H,4-5,7,12H2,1-3H3,(H,15,17). The molecule has 1 aromatic heterocycles. The third-order valence-corrected chi connectivity index (χ3v) is 3.34. The van der Waals surface area contributed by atoms with Gasteiger partial charge in [0.25, 0.3) is 0 Å². The van der Waals surface area contributed by atoms with Crippen LogP contribution in [0, 0.1) is 6.92 Å². The van der Waals surface area contributed by atoms with Crippen molar-refractivity contribution in [2.45, 2.75) is 25.9 Å². The number of nitrogens with zero attached hydrogens (tertiary/aromatic N) is 3. The van der Waals surface area contributed by atoms with Crippen molar-refractivity contribution in [3.8, 4) is 0 Å². The van der Waals surface area contributed by atoms with Crippen molar-refractivity contribution in [3.63, 3.8) is 0 Å². The van der Waals surface area contributed by atoms with Crippen LogP contribution in [0.1, 0.15) is 19.4 Å². The third-order valence-electron chi connectivity index (χ3n) is 2.48. The zero-order valence-electron chi connectivity index (χ0n) is 10.9. The first-order valence-corrected chi connectivity index (χ1v) is 6.81. The maximum Gasteiger partial charge on any atom is 0.244 e. The molecule has 0 bridgehead atoms. The van der Waals surface area contributed by atoms with Crippen LogP contribution in [0.3, 0.4) is 0 Å². The number of rotatable bonds is 6. The van der Waals surface area contributed by atoms with Crippen molar-refractivity contribution in [2.24, 2.45) is 5.84 Å². The molecule has 0 saturated carbocycles. The number of hydrogen-bond acceptors (Lipinski definition) is 6. The molecule has 100 valence electrons. The van der Waals surface area contributed by atoms with Crippen molar-refractivity contribution in [1.29, 1.82) is 0 Å². The molecule has 0 fully saturated rings. The number of hydrazine groups is 1. The Balaban J connectivity index is 2.83. The number of carbonyl (C=O) groups is 1. The molecule has 0 aliphatic heterocycles. The van der Waals surface area contributed by atoms with E-state index in [4.69, 9.17) is 5.84 Å². The van der Waals surface area contributed by atoms with E-state index in [0.29, 0.717) is 5.16 Å². The molecule has 6 nitrogen and oxygen atoms in total. The lowest BCUT2D eigenvalue weighted by Crippen LogP contribution is -2.31. The quantitative estimate of drug-likeness (QED) is 0.260. The number of carbonyl (C=O) groups excluding carboxylic acids is 1. The summed E-state index contributed by atoms with van der Waals surface area (Å²) in [7, 11) is 0. The Morgan fingerprint density at radius 1 is 1.50 bits per heavy atom. The summed E-state index contributed by atoms with van der Waals surface area (Å²) < 4.78 is 0. The minimum Gasteiger partial charge on any atom is -0.357 e. The van der Waals surface area contributed by atoms with Crippen molar-refractivity contribution in [1.82, 2.24) is 15.4 Å². The Morgan fingerprint density at radius 3 is 2.72 bits per heavy atom. The molecule has 0 aromatic carbocycles. The largest absolute Gasteiger partial charge is 0.357 e. The molecule has 7 heteroatoms.